The Hall–Kier alpha value is -3.32. The summed E-state index contributed by atoms with van der Waals surface area (Å²) >= 11 is 6.40. The first-order chi connectivity index (χ1) is 19.8. The van der Waals surface area contributed by atoms with Crippen LogP contribution in [-0.2, 0) is 20.8 Å². The maximum atomic E-state index is 15.1. The fourth-order valence-electron chi connectivity index (χ4n) is 5.61. The molecule has 4 aliphatic rings. The van der Waals surface area contributed by atoms with E-state index in [-0.39, 0.29) is 54.0 Å². The average Bonchev–Trinajstić information content (AvgIpc) is 3.48. The summed E-state index contributed by atoms with van der Waals surface area (Å²) in [5.41, 5.74) is 1.96. The second kappa shape index (κ2) is 10.5. The Morgan fingerprint density at radius 1 is 1.17 bits per heavy atom. The molecule has 2 saturated heterocycles. The number of ether oxygens (including phenoxy) is 3. The van der Waals surface area contributed by atoms with Crippen molar-refractivity contribution in [3.8, 4) is 6.01 Å². The summed E-state index contributed by atoms with van der Waals surface area (Å²) in [6.07, 6.45) is 2.34. The number of H-pyrrole nitrogens is 1. The fraction of sp³-hybridized carbons (Fsp3) is 0.464. The van der Waals surface area contributed by atoms with E-state index in [0.717, 1.165) is 18.4 Å². The molecule has 1 amide bonds. The molecule has 7 rings (SSSR count). The molecule has 216 valence electrons. The number of aromatic nitrogens is 3. The van der Waals surface area contributed by atoms with Gasteiger partial charge in [-0.25, -0.2) is 13.8 Å². The summed E-state index contributed by atoms with van der Waals surface area (Å²) < 4.78 is 47.2. The highest BCUT2D eigenvalue weighted by Crippen LogP contribution is 2.34. The van der Waals surface area contributed by atoms with Crippen molar-refractivity contribution in [3.05, 3.63) is 52.1 Å². The molecule has 2 aromatic heterocycles. The van der Waals surface area contributed by atoms with Crippen LogP contribution in [0.2, 0.25) is 5.02 Å². The molecular weight excluding hydrogens is 560 g/mol. The van der Waals surface area contributed by atoms with Crippen LogP contribution >= 0.6 is 11.6 Å². The Balaban J connectivity index is 1.02. The number of imidazole rings is 1. The smallest absolute Gasteiger partial charge is 0.296 e. The van der Waals surface area contributed by atoms with E-state index in [1.807, 2.05) is 11.0 Å². The summed E-state index contributed by atoms with van der Waals surface area (Å²) in [6.45, 7) is 1.25. The monoisotopic (exact) mass is 587 g/mol. The van der Waals surface area contributed by atoms with Crippen LogP contribution in [0.5, 0.6) is 6.01 Å². The molecule has 10 nitrogen and oxygen atoms in total. The zero-order chi connectivity index (χ0) is 28.2. The van der Waals surface area contributed by atoms with Crippen LogP contribution in [0.1, 0.15) is 30.4 Å². The number of nitrogens with zero attached hydrogens (tertiary/aromatic N) is 3. The minimum Gasteiger partial charge on any atom is -0.456 e. The van der Waals surface area contributed by atoms with Crippen molar-refractivity contribution in [1.82, 2.24) is 19.9 Å². The van der Waals surface area contributed by atoms with E-state index in [1.165, 1.54) is 12.1 Å². The van der Waals surface area contributed by atoms with Gasteiger partial charge >= 0.3 is 0 Å². The van der Waals surface area contributed by atoms with E-state index in [0.29, 0.717) is 36.2 Å². The third-order valence-corrected chi connectivity index (χ3v) is 8.33. The molecule has 13 heteroatoms. The highest BCUT2D eigenvalue weighted by Gasteiger charge is 2.48. The molecule has 3 aliphatic heterocycles. The standard InChI is InChI=1S/C28H28ClF2N5O5/c29-17-9-20-26(35-28(33-20)41-22-12-40-23-21(37)11-39-24(22)23)34-25(17)32-10-16-18(30)7-15(8-19(16)31)13-3-5-36(6-4-13)27(38)14-1-2-14/h3,7-9,14,21-24,37H,1-2,4-6,10-12H2,(H2,32,33,34,35)/t21-,22-,23-,24-/m1/s1. The zero-order valence-electron chi connectivity index (χ0n) is 21.9. The Morgan fingerprint density at radius 3 is 2.68 bits per heavy atom. The van der Waals surface area contributed by atoms with Crippen LogP contribution < -0.4 is 10.1 Å². The Kier molecular flexibility index (Phi) is 6.81. The lowest BCUT2D eigenvalue weighted by molar-refractivity contribution is -0.132. The number of rotatable bonds is 7. The van der Waals surface area contributed by atoms with Gasteiger partial charge in [0, 0.05) is 31.1 Å². The van der Waals surface area contributed by atoms with Gasteiger partial charge in [-0.05, 0) is 48.6 Å². The van der Waals surface area contributed by atoms with Crippen LogP contribution in [-0.4, -0.2) is 81.6 Å². The number of pyridine rings is 1. The van der Waals surface area contributed by atoms with E-state index in [2.05, 4.69) is 20.3 Å². The molecule has 3 fully saturated rings. The predicted molar refractivity (Wildman–Crippen MR) is 144 cm³/mol. The zero-order valence-corrected chi connectivity index (χ0v) is 22.7. The molecule has 1 aliphatic carbocycles. The SMILES string of the molecule is O=C(C1CC1)N1CC=C(c2cc(F)c(CNc3nc4nc(O[C@@H]5CO[C@H]6[C@@H]5OC[C@H]6O)[nH]c4cc3Cl)c(F)c2)CC1. The van der Waals surface area contributed by atoms with Crippen LogP contribution in [0.3, 0.4) is 0 Å². The highest BCUT2D eigenvalue weighted by atomic mass is 35.5. The van der Waals surface area contributed by atoms with Crippen molar-refractivity contribution in [2.75, 3.05) is 31.6 Å². The third-order valence-electron chi connectivity index (χ3n) is 8.04. The van der Waals surface area contributed by atoms with Gasteiger partial charge in [0.1, 0.15) is 35.8 Å². The number of hydrogen-bond acceptors (Lipinski definition) is 8. The van der Waals surface area contributed by atoms with Crippen LogP contribution in [0.4, 0.5) is 14.6 Å². The molecule has 3 aromatic rings. The van der Waals surface area contributed by atoms with Gasteiger partial charge in [0.15, 0.2) is 11.8 Å². The topological polar surface area (TPSA) is 122 Å². The van der Waals surface area contributed by atoms with Crippen molar-refractivity contribution in [2.24, 2.45) is 5.92 Å². The number of anilines is 1. The molecule has 0 radical (unpaired) electrons. The van der Waals surface area contributed by atoms with Gasteiger partial charge in [-0.2, -0.15) is 4.98 Å². The lowest BCUT2D eigenvalue weighted by Gasteiger charge is -2.27. The maximum Gasteiger partial charge on any atom is 0.296 e. The van der Waals surface area contributed by atoms with Crippen LogP contribution in [0.15, 0.2) is 24.3 Å². The number of carbonyl (C=O) groups is 1. The highest BCUT2D eigenvalue weighted by molar-refractivity contribution is 6.33. The maximum absolute atomic E-state index is 15.1. The second-order valence-electron chi connectivity index (χ2n) is 10.9. The summed E-state index contributed by atoms with van der Waals surface area (Å²) in [5, 5.41) is 13.1. The number of aliphatic hydroxyl groups is 1. The fourth-order valence-corrected chi connectivity index (χ4v) is 5.83. The van der Waals surface area contributed by atoms with Gasteiger partial charge in [-0.3, -0.25) is 4.79 Å². The number of nitrogens with one attached hydrogen (secondary N) is 2. The summed E-state index contributed by atoms with van der Waals surface area (Å²) in [4.78, 5) is 25.8. The van der Waals surface area contributed by atoms with E-state index in [9.17, 15) is 9.90 Å². The third kappa shape index (κ3) is 5.14. The van der Waals surface area contributed by atoms with Crippen molar-refractivity contribution >= 4 is 40.1 Å². The number of fused-ring (bicyclic) bond motifs is 2. The molecule has 3 N–H and O–H groups in total. The number of hydrogen-bond donors (Lipinski definition) is 3. The molecule has 1 aromatic carbocycles. The van der Waals surface area contributed by atoms with Crippen molar-refractivity contribution in [1.29, 1.82) is 0 Å². The minimum atomic E-state index is -0.692. The van der Waals surface area contributed by atoms with E-state index in [1.54, 1.807) is 6.07 Å². The normalized spacial score (nSPS) is 25.9. The molecule has 0 unspecified atom stereocenters. The number of benzene rings is 1. The lowest BCUT2D eigenvalue weighted by atomic mass is 9.97. The Morgan fingerprint density at radius 2 is 1.95 bits per heavy atom. The molecule has 5 heterocycles. The Bertz CT molecular complexity index is 1520. The number of amides is 1. The largest absolute Gasteiger partial charge is 0.456 e. The Labute approximate surface area is 238 Å². The molecular formula is C28H28ClF2N5O5. The van der Waals surface area contributed by atoms with Gasteiger partial charge in [0.05, 0.1) is 23.8 Å². The van der Waals surface area contributed by atoms with Gasteiger partial charge in [0.25, 0.3) is 6.01 Å². The van der Waals surface area contributed by atoms with Gasteiger partial charge in [-0.1, -0.05) is 17.7 Å². The van der Waals surface area contributed by atoms with E-state index in [4.69, 9.17) is 25.8 Å². The number of aromatic amines is 1. The first-order valence-electron chi connectivity index (χ1n) is 13.7. The summed E-state index contributed by atoms with van der Waals surface area (Å²) in [6, 6.07) is 4.43. The molecule has 0 bridgehead atoms. The lowest BCUT2D eigenvalue weighted by Crippen LogP contribution is -2.35. The summed E-state index contributed by atoms with van der Waals surface area (Å²) in [5.74, 6) is -0.842. The predicted octanol–water partition coefficient (Wildman–Crippen LogP) is 3.43. The molecule has 41 heavy (non-hydrogen) atoms. The van der Waals surface area contributed by atoms with Gasteiger partial charge in [0.2, 0.25) is 5.91 Å². The molecule has 4 atom stereocenters. The number of aliphatic hydroxyl groups excluding tert-OH is 1. The number of halogens is 3. The van der Waals surface area contributed by atoms with Crippen molar-refractivity contribution < 1.29 is 32.9 Å². The van der Waals surface area contributed by atoms with E-state index < -0.39 is 36.1 Å². The van der Waals surface area contributed by atoms with Crippen LogP contribution in [0, 0.1) is 17.6 Å². The van der Waals surface area contributed by atoms with Crippen molar-refractivity contribution in [3.63, 3.8) is 0 Å². The minimum absolute atomic E-state index is 0.144. The number of carbonyl (C=O) groups excluding carboxylic acids is 1. The quantitative estimate of drug-likeness (QED) is 0.384. The first kappa shape index (κ1) is 26.6. The first-order valence-corrected chi connectivity index (χ1v) is 14.1. The van der Waals surface area contributed by atoms with Gasteiger partial charge < -0.3 is 34.5 Å². The van der Waals surface area contributed by atoms with E-state index >= 15 is 8.78 Å². The van der Waals surface area contributed by atoms with Crippen molar-refractivity contribution in [2.45, 2.75) is 50.2 Å². The van der Waals surface area contributed by atoms with Gasteiger partial charge in [-0.15, -0.1) is 0 Å². The molecule has 0 spiro atoms. The average molecular weight is 588 g/mol. The van der Waals surface area contributed by atoms with Crippen LogP contribution in [0.25, 0.3) is 16.7 Å². The second-order valence-corrected chi connectivity index (χ2v) is 11.3. The summed E-state index contributed by atoms with van der Waals surface area (Å²) in [7, 11) is 0. The molecule has 1 saturated carbocycles.